The molecule has 0 N–H and O–H groups in total. The molecule has 0 amide bonds. The lowest BCUT2D eigenvalue weighted by Gasteiger charge is -2.13. The van der Waals surface area contributed by atoms with E-state index < -0.39 is 0 Å². The van der Waals surface area contributed by atoms with Crippen LogP contribution in [0.5, 0.6) is 11.5 Å². The van der Waals surface area contributed by atoms with Crippen LogP contribution in [-0.4, -0.2) is 0 Å². The molecular formula is C15H13Br2ClO. The first-order valence-electron chi connectivity index (χ1n) is 5.81. The number of ether oxygens (including phenoxy) is 1. The molecule has 2 rings (SSSR count). The van der Waals surface area contributed by atoms with Crippen LogP contribution >= 0.6 is 43.5 Å². The maximum atomic E-state index is 6.21. The Morgan fingerprint density at radius 1 is 1.16 bits per heavy atom. The second kappa shape index (κ2) is 6.29. The molecule has 0 spiro atoms. The van der Waals surface area contributed by atoms with E-state index >= 15 is 0 Å². The van der Waals surface area contributed by atoms with Gasteiger partial charge in [-0.2, -0.15) is 0 Å². The zero-order valence-electron chi connectivity index (χ0n) is 10.6. The van der Waals surface area contributed by atoms with Crippen LogP contribution in [0.4, 0.5) is 0 Å². The van der Waals surface area contributed by atoms with Crippen molar-refractivity contribution < 1.29 is 4.74 Å². The minimum atomic E-state index is 0.621. The number of para-hydroxylation sites is 1. The summed E-state index contributed by atoms with van der Waals surface area (Å²) in [6, 6.07) is 9.75. The smallest absolute Gasteiger partial charge is 0.150 e. The lowest BCUT2D eigenvalue weighted by atomic mass is 10.1. The van der Waals surface area contributed by atoms with Gasteiger partial charge in [0.2, 0.25) is 0 Å². The van der Waals surface area contributed by atoms with Gasteiger partial charge in [-0.1, -0.05) is 55.6 Å². The molecule has 1 nitrogen and oxygen atoms in total. The van der Waals surface area contributed by atoms with Crippen molar-refractivity contribution in [3.8, 4) is 11.5 Å². The zero-order valence-corrected chi connectivity index (χ0v) is 14.6. The highest BCUT2D eigenvalue weighted by atomic mass is 79.9. The van der Waals surface area contributed by atoms with Gasteiger partial charge in [0.15, 0.2) is 0 Å². The Morgan fingerprint density at radius 2 is 1.79 bits per heavy atom. The van der Waals surface area contributed by atoms with Gasteiger partial charge in [0.1, 0.15) is 11.5 Å². The molecule has 0 radical (unpaired) electrons. The normalized spacial score (nSPS) is 10.6. The predicted molar refractivity (Wildman–Crippen MR) is 87.8 cm³/mol. The Balaban J connectivity index is 2.42. The van der Waals surface area contributed by atoms with Crippen molar-refractivity contribution in [2.24, 2.45) is 0 Å². The Kier molecular flexibility index (Phi) is 4.93. The number of hydrogen-bond donors (Lipinski definition) is 0. The lowest BCUT2D eigenvalue weighted by molar-refractivity contribution is 0.478. The fraction of sp³-hybridized carbons (Fsp3) is 0.200. The van der Waals surface area contributed by atoms with Gasteiger partial charge in [0.25, 0.3) is 0 Å². The largest absolute Gasteiger partial charge is 0.455 e. The topological polar surface area (TPSA) is 9.23 Å². The Labute approximate surface area is 135 Å². The SMILES string of the molecule is Cc1cc(Oc2c(Cl)cccc2CBr)cc(C)c1Br. The van der Waals surface area contributed by atoms with E-state index in [1.54, 1.807) is 0 Å². The third kappa shape index (κ3) is 3.33. The second-order valence-electron chi connectivity index (χ2n) is 4.33. The number of hydrogen-bond acceptors (Lipinski definition) is 1. The van der Waals surface area contributed by atoms with Crippen LogP contribution in [0.2, 0.25) is 5.02 Å². The summed E-state index contributed by atoms with van der Waals surface area (Å²) in [5.74, 6) is 1.51. The van der Waals surface area contributed by atoms with Crippen molar-refractivity contribution in [1.29, 1.82) is 0 Å². The Hall–Kier alpha value is -0.510. The number of halogens is 3. The fourth-order valence-corrected chi connectivity index (χ4v) is 2.76. The van der Waals surface area contributed by atoms with Gasteiger partial charge in [-0.05, 0) is 43.2 Å². The summed E-state index contributed by atoms with van der Waals surface area (Å²) in [5, 5.41) is 1.33. The molecule has 2 aromatic carbocycles. The average Bonchev–Trinajstić information content (AvgIpc) is 2.38. The summed E-state index contributed by atoms with van der Waals surface area (Å²) in [6.45, 7) is 4.09. The van der Waals surface area contributed by atoms with Gasteiger partial charge in [0, 0.05) is 15.4 Å². The Morgan fingerprint density at radius 3 is 2.37 bits per heavy atom. The highest BCUT2D eigenvalue weighted by Gasteiger charge is 2.10. The van der Waals surface area contributed by atoms with Gasteiger partial charge in [-0.3, -0.25) is 0 Å². The van der Waals surface area contributed by atoms with E-state index in [2.05, 4.69) is 31.9 Å². The van der Waals surface area contributed by atoms with Gasteiger partial charge in [0.05, 0.1) is 5.02 Å². The highest BCUT2D eigenvalue weighted by Crippen LogP contribution is 2.36. The van der Waals surface area contributed by atoms with Gasteiger partial charge in [-0.15, -0.1) is 0 Å². The monoisotopic (exact) mass is 402 g/mol. The summed E-state index contributed by atoms with van der Waals surface area (Å²) in [6.07, 6.45) is 0. The van der Waals surface area contributed by atoms with Crippen molar-refractivity contribution in [2.75, 3.05) is 0 Å². The first kappa shape index (κ1) is 14.9. The molecule has 19 heavy (non-hydrogen) atoms. The molecule has 0 heterocycles. The van der Waals surface area contributed by atoms with Crippen molar-refractivity contribution in [1.82, 2.24) is 0 Å². The molecule has 0 aliphatic heterocycles. The quantitative estimate of drug-likeness (QED) is 0.537. The molecule has 0 saturated heterocycles. The standard InChI is InChI=1S/C15H13Br2ClO/c1-9-6-12(7-10(2)14(9)17)19-15-11(8-16)4-3-5-13(15)18/h3-7H,8H2,1-2H3. The molecule has 0 aliphatic carbocycles. The molecule has 0 bridgehead atoms. The van der Waals surface area contributed by atoms with E-state index in [9.17, 15) is 0 Å². The first-order valence-corrected chi connectivity index (χ1v) is 8.10. The number of rotatable bonds is 3. The average molecular weight is 405 g/mol. The highest BCUT2D eigenvalue weighted by molar-refractivity contribution is 9.10. The molecule has 0 atom stereocenters. The van der Waals surface area contributed by atoms with Crippen LogP contribution in [-0.2, 0) is 5.33 Å². The number of aryl methyl sites for hydroxylation is 2. The minimum absolute atomic E-state index is 0.621. The van der Waals surface area contributed by atoms with Gasteiger partial charge >= 0.3 is 0 Å². The van der Waals surface area contributed by atoms with E-state index in [1.807, 2.05) is 44.2 Å². The van der Waals surface area contributed by atoms with Gasteiger partial charge in [-0.25, -0.2) is 0 Å². The first-order chi connectivity index (χ1) is 9.02. The molecule has 0 aliphatic rings. The molecule has 4 heteroatoms. The summed E-state index contributed by atoms with van der Waals surface area (Å²) >= 11 is 13.2. The van der Waals surface area contributed by atoms with Crippen molar-refractivity contribution in [3.63, 3.8) is 0 Å². The number of benzene rings is 2. The Bertz CT molecular complexity index is 588. The lowest BCUT2D eigenvalue weighted by Crippen LogP contribution is -1.92. The third-order valence-corrected chi connectivity index (χ3v) is 4.97. The predicted octanol–water partition coefficient (Wildman–Crippen LogP) is 6.41. The van der Waals surface area contributed by atoms with Gasteiger partial charge < -0.3 is 4.74 Å². The molecule has 0 unspecified atom stereocenters. The summed E-state index contributed by atoms with van der Waals surface area (Å²) in [7, 11) is 0. The van der Waals surface area contributed by atoms with Crippen LogP contribution < -0.4 is 4.74 Å². The van der Waals surface area contributed by atoms with Crippen molar-refractivity contribution in [2.45, 2.75) is 19.2 Å². The minimum Gasteiger partial charge on any atom is -0.455 e. The maximum Gasteiger partial charge on any atom is 0.150 e. The summed E-state index contributed by atoms with van der Waals surface area (Å²) < 4.78 is 7.08. The van der Waals surface area contributed by atoms with E-state index in [4.69, 9.17) is 16.3 Å². The fourth-order valence-electron chi connectivity index (χ4n) is 1.86. The summed E-state index contributed by atoms with van der Waals surface area (Å²) in [4.78, 5) is 0. The summed E-state index contributed by atoms with van der Waals surface area (Å²) in [5.41, 5.74) is 3.32. The molecule has 0 fully saturated rings. The third-order valence-electron chi connectivity index (χ3n) is 2.82. The van der Waals surface area contributed by atoms with Crippen LogP contribution in [0.25, 0.3) is 0 Å². The molecule has 100 valence electrons. The van der Waals surface area contributed by atoms with E-state index in [1.165, 1.54) is 0 Å². The van der Waals surface area contributed by atoms with Crippen LogP contribution in [0, 0.1) is 13.8 Å². The zero-order chi connectivity index (χ0) is 14.0. The van der Waals surface area contributed by atoms with Crippen LogP contribution in [0.3, 0.4) is 0 Å². The maximum absolute atomic E-state index is 6.21. The molecule has 0 saturated carbocycles. The van der Waals surface area contributed by atoms with E-state index in [-0.39, 0.29) is 0 Å². The molecule has 2 aromatic rings. The van der Waals surface area contributed by atoms with E-state index in [0.29, 0.717) is 16.1 Å². The molecule has 0 aromatic heterocycles. The van der Waals surface area contributed by atoms with Crippen molar-refractivity contribution >= 4 is 43.5 Å². The number of alkyl halides is 1. The van der Waals surface area contributed by atoms with Crippen LogP contribution in [0.1, 0.15) is 16.7 Å². The van der Waals surface area contributed by atoms with Crippen LogP contribution in [0.15, 0.2) is 34.8 Å². The van der Waals surface area contributed by atoms with Crippen molar-refractivity contribution in [3.05, 3.63) is 56.5 Å². The second-order valence-corrected chi connectivity index (χ2v) is 6.10. The molecular weight excluding hydrogens is 391 g/mol. The van der Waals surface area contributed by atoms with E-state index in [0.717, 1.165) is 26.9 Å².